The first-order chi connectivity index (χ1) is 10.9. The molecule has 0 aromatic rings. The van der Waals surface area contributed by atoms with Gasteiger partial charge in [0.15, 0.2) is 5.90 Å². The first-order valence-corrected chi connectivity index (χ1v) is 8.26. The second-order valence-corrected chi connectivity index (χ2v) is 7.48. The predicted octanol–water partition coefficient (Wildman–Crippen LogP) is 2.99. The lowest BCUT2D eigenvalue weighted by Gasteiger charge is -2.25. The minimum Gasteiger partial charge on any atom is -0.475 e. The molecule has 0 spiro atoms. The molecule has 24 heavy (non-hydrogen) atoms. The van der Waals surface area contributed by atoms with Gasteiger partial charge >= 0.3 is 6.02 Å². The Hall–Kier alpha value is -1.76. The summed E-state index contributed by atoms with van der Waals surface area (Å²) >= 11 is 0. The standard InChI is InChI=1S/C17H35N5O2/c1-10-14(23-16(3,4)5)21-15(24-17(6,7)8)20-13(2)22(9)12-11-19-18/h11-13,19H,10,18H2,1-9H3/b12-11-,20-15+,21-14+. The molecule has 140 valence electrons. The SMILES string of the molecule is CC/C(=N\C(=N/C(C)N(C)/C=C\NN)OC(C)(C)C)OC(C)(C)C. The molecule has 0 saturated carbocycles. The molecule has 7 nitrogen and oxygen atoms in total. The van der Waals surface area contributed by atoms with Gasteiger partial charge < -0.3 is 19.8 Å². The molecule has 0 amide bonds. The Morgan fingerprint density at radius 2 is 1.71 bits per heavy atom. The number of nitrogens with one attached hydrogen (secondary N) is 1. The summed E-state index contributed by atoms with van der Waals surface area (Å²) in [7, 11) is 1.90. The molecule has 7 heteroatoms. The number of nitrogens with zero attached hydrogens (tertiary/aromatic N) is 3. The van der Waals surface area contributed by atoms with Crippen molar-refractivity contribution < 1.29 is 9.47 Å². The van der Waals surface area contributed by atoms with E-state index in [0.717, 1.165) is 0 Å². The quantitative estimate of drug-likeness (QED) is 0.347. The molecule has 0 bridgehead atoms. The Morgan fingerprint density at radius 3 is 2.12 bits per heavy atom. The Kier molecular flexibility index (Phi) is 8.82. The van der Waals surface area contributed by atoms with Crippen LogP contribution >= 0.6 is 0 Å². The molecule has 0 aliphatic heterocycles. The van der Waals surface area contributed by atoms with E-state index in [-0.39, 0.29) is 11.8 Å². The van der Waals surface area contributed by atoms with E-state index in [1.54, 1.807) is 12.4 Å². The van der Waals surface area contributed by atoms with Crippen molar-refractivity contribution in [2.45, 2.75) is 79.2 Å². The van der Waals surface area contributed by atoms with Gasteiger partial charge in [-0.05, 0) is 48.5 Å². The van der Waals surface area contributed by atoms with E-state index in [2.05, 4.69) is 15.4 Å². The summed E-state index contributed by atoms with van der Waals surface area (Å²) in [6.07, 6.45) is 3.90. The van der Waals surface area contributed by atoms with Gasteiger partial charge in [-0.15, -0.1) is 0 Å². The number of ether oxygens (including phenoxy) is 2. The molecule has 0 rings (SSSR count). The fourth-order valence-electron chi connectivity index (χ4n) is 1.52. The molecule has 0 aliphatic carbocycles. The lowest BCUT2D eigenvalue weighted by molar-refractivity contribution is 0.104. The summed E-state index contributed by atoms with van der Waals surface area (Å²) in [6, 6.07) is 0.303. The Balaban J connectivity index is 5.50. The predicted molar refractivity (Wildman–Crippen MR) is 101 cm³/mol. The van der Waals surface area contributed by atoms with E-state index in [1.165, 1.54) is 0 Å². The van der Waals surface area contributed by atoms with E-state index < -0.39 is 5.60 Å². The van der Waals surface area contributed by atoms with Crippen LogP contribution in [-0.4, -0.2) is 41.2 Å². The van der Waals surface area contributed by atoms with Crippen molar-refractivity contribution in [3.63, 3.8) is 0 Å². The van der Waals surface area contributed by atoms with Crippen molar-refractivity contribution in [2.24, 2.45) is 15.8 Å². The first-order valence-electron chi connectivity index (χ1n) is 8.26. The summed E-state index contributed by atoms with van der Waals surface area (Å²) in [5.41, 5.74) is 1.74. The minimum absolute atomic E-state index is 0.177. The summed E-state index contributed by atoms with van der Waals surface area (Å²) in [5.74, 6) is 5.84. The number of rotatable bonds is 5. The highest BCUT2D eigenvalue weighted by atomic mass is 16.5. The van der Waals surface area contributed by atoms with Gasteiger partial charge in [0.25, 0.3) is 0 Å². The van der Waals surface area contributed by atoms with E-state index >= 15 is 0 Å². The molecule has 0 saturated heterocycles. The van der Waals surface area contributed by atoms with Gasteiger partial charge in [-0.2, -0.15) is 4.99 Å². The average molecular weight is 342 g/mol. The Labute approximate surface area is 147 Å². The Bertz CT molecular complexity index is 459. The Morgan fingerprint density at radius 1 is 1.17 bits per heavy atom. The van der Waals surface area contributed by atoms with Crippen molar-refractivity contribution in [1.29, 1.82) is 0 Å². The second-order valence-electron chi connectivity index (χ2n) is 7.48. The zero-order chi connectivity index (χ0) is 19.0. The molecule has 0 radical (unpaired) electrons. The third kappa shape index (κ3) is 10.9. The molecular weight excluding hydrogens is 306 g/mol. The van der Waals surface area contributed by atoms with Crippen LogP contribution in [0.5, 0.6) is 0 Å². The maximum Gasteiger partial charge on any atom is 0.317 e. The van der Waals surface area contributed by atoms with E-state index in [4.69, 9.17) is 15.3 Å². The van der Waals surface area contributed by atoms with Crippen LogP contribution in [0.1, 0.15) is 61.8 Å². The van der Waals surface area contributed by atoms with Gasteiger partial charge in [-0.1, -0.05) is 6.92 Å². The van der Waals surface area contributed by atoms with E-state index in [9.17, 15) is 0 Å². The number of hydrazine groups is 1. The van der Waals surface area contributed by atoms with Gasteiger partial charge in [0.05, 0.1) is 0 Å². The van der Waals surface area contributed by atoms with Crippen LogP contribution in [0.25, 0.3) is 0 Å². The number of aliphatic imine (C=N–C) groups is 2. The highest BCUT2D eigenvalue weighted by Crippen LogP contribution is 2.13. The fourth-order valence-corrected chi connectivity index (χ4v) is 1.52. The summed E-state index contributed by atoms with van der Waals surface area (Å²) < 4.78 is 11.8. The lowest BCUT2D eigenvalue weighted by Crippen LogP contribution is -2.30. The summed E-state index contributed by atoms with van der Waals surface area (Å²) in [5, 5.41) is 0. The maximum atomic E-state index is 5.90. The third-order valence-corrected chi connectivity index (χ3v) is 2.64. The highest BCUT2D eigenvalue weighted by Gasteiger charge is 2.19. The topological polar surface area (TPSA) is 84.5 Å². The number of hydrogen-bond donors (Lipinski definition) is 2. The van der Waals surface area contributed by atoms with Crippen molar-refractivity contribution >= 4 is 11.9 Å². The van der Waals surface area contributed by atoms with E-state index in [1.807, 2.05) is 67.3 Å². The molecule has 1 unspecified atom stereocenters. The lowest BCUT2D eigenvalue weighted by atomic mass is 10.2. The fraction of sp³-hybridized carbons (Fsp3) is 0.765. The van der Waals surface area contributed by atoms with Crippen LogP contribution in [0.3, 0.4) is 0 Å². The third-order valence-electron chi connectivity index (χ3n) is 2.64. The summed E-state index contributed by atoms with van der Waals surface area (Å²) in [4.78, 5) is 11.0. The van der Waals surface area contributed by atoms with Gasteiger partial charge in [0.2, 0.25) is 0 Å². The molecule has 0 fully saturated rings. The van der Waals surface area contributed by atoms with Crippen LogP contribution in [0.4, 0.5) is 0 Å². The minimum atomic E-state index is -0.407. The first kappa shape index (κ1) is 22.2. The van der Waals surface area contributed by atoms with Crippen molar-refractivity contribution in [1.82, 2.24) is 10.3 Å². The largest absolute Gasteiger partial charge is 0.475 e. The van der Waals surface area contributed by atoms with Crippen LogP contribution in [0.15, 0.2) is 22.4 Å². The van der Waals surface area contributed by atoms with Gasteiger partial charge in [-0.25, -0.2) is 4.99 Å². The molecular formula is C17H35N5O2. The monoisotopic (exact) mass is 341 g/mol. The zero-order valence-corrected chi connectivity index (χ0v) is 16.7. The highest BCUT2D eigenvalue weighted by molar-refractivity contribution is 5.90. The molecule has 0 aromatic carbocycles. The maximum absolute atomic E-state index is 5.90. The van der Waals surface area contributed by atoms with Crippen LogP contribution in [-0.2, 0) is 9.47 Å². The second kappa shape index (κ2) is 9.52. The van der Waals surface area contributed by atoms with Gasteiger partial charge in [0, 0.05) is 25.9 Å². The molecule has 0 aliphatic rings. The molecule has 0 aromatic heterocycles. The van der Waals surface area contributed by atoms with Crippen molar-refractivity contribution in [3.8, 4) is 0 Å². The van der Waals surface area contributed by atoms with Crippen LogP contribution in [0.2, 0.25) is 0 Å². The van der Waals surface area contributed by atoms with E-state index in [0.29, 0.717) is 18.3 Å². The number of nitrogens with two attached hydrogens (primary N) is 1. The smallest absolute Gasteiger partial charge is 0.317 e. The van der Waals surface area contributed by atoms with Crippen LogP contribution in [0, 0.1) is 0 Å². The summed E-state index contributed by atoms with van der Waals surface area (Å²) in [6.45, 7) is 15.8. The van der Waals surface area contributed by atoms with Crippen molar-refractivity contribution in [2.75, 3.05) is 7.05 Å². The van der Waals surface area contributed by atoms with Gasteiger partial charge in [-0.3, -0.25) is 5.84 Å². The van der Waals surface area contributed by atoms with Crippen molar-refractivity contribution in [3.05, 3.63) is 12.4 Å². The average Bonchev–Trinajstić information content (AvgIpc) is 2.40. The zero-order valence-electron chi connectivity index (χ0n) is 16.7. The molecule has 1 atom stereocenters. The van der Waals surface area contributed by atoms with Crippen LogP contribution < -0.4 is 11.3 Å². The molecule has 3 N–H and O–H groups in total. The van der Waals surface area contributed by atoms with Gasteiger partial charge in [0.1, 0.15) is 17.4 Å². The number of amidine groups is 1. The molecule has 0 heterocycles. The number of hydrogen-bond acceptors (Lipinski definition) is 6. The normalized spacial score (nSPS) is 15.4.